The van der Waals surface area contributed by atoms with Gasteiger partial charge in [0, 0.05) is 30.9 Å². The largest absolute Gasteiger partial charge is 0.383 e. The van der Waals surface area contributed by atoms with Crippen molar-refractivity contribution in [3.63, 3.8) is 0 Å². The van der Waals surface area contributed by atoms with Crippen molar-refractivity contribution in [2.45, 2.75) is 45.1 Å². The zero-order chi connectivity index (χ0) is 21.8. The maximum Gasteiger partial charge on any atom is 0.262 e. The predicted molar refractivity (Wildman–Crippen MR) is 125 cm³/mol. The molecule has 2 aromatic heterocycles. The lowest BCUT2D eigenvalue weighted by Crippen LogP contribution is -2.44. The molecule has 1 fully saturated rings. The molecular formula is C23H29N3O3S2. The van der Waals surface area contributed by atoms with E-state index >= 15 is 0 Å². The number of hydrogen-bond donors (Lipinski definition) is 0. The van der Waals surface area contributed by atoms with Crippen LogP contribution < -0.4 is 0 Å². The van der Waals surface area contributed by atoms with E-state index in [0.717, 1.165) is 41.1 Å². The third-order valence-corrected chi connectivity index (χ3v) is 8.12. The first-order chi connectivity index (χ1) is 15.1. The number of methoxy groups -OCH3 is 1. The van der Waals surface area contributed by atoms with Crippen LogP contribution in [0.5, 0.6) is 0 Å². The monoisotopic (exact) mass is 459 g/mol. The Bertz CT molecular complexity index is 932. The number of carbonyl (C=O) groups excluding carboxylic acids is 2. The van der Waals surface area contributed by atoms with Crippen molar-refractivity contribution in [3.8, 4) is 0 Å². The van der Waals surface area contributed by atoms with Gasteiger partial charge in [0.2, 0.25) is 5.91 Å². The van der Waals surface area contributed by atoms with Crippen LogP contribution in [0.2, 0.25) is 0 Å². The summed E-state index contributed by atoms with van der Waals surface area (Å²) >= 11 is 3.30. The molecule has 3 heterocycles. The van der Waals surface area contributed by atoms with E-state index in [9.17, 15) is 9.59 Å². The fraction of sp³-hybridized carbons (Fsp3) is 0.522. The van der Waals surface area contributed by atoms with Crippen LogP contribution >= 0.6 is 22.7 Å². The Morgan fingerprint density at radius 3 is 2.68 bits per heavy atom. The van der Waals surface area contributed by atoms with Crippen molar-refractivity contribution in [1.29, 1.82) is 0 Å². The standard InChI is InChI=1S/C23H29N3O3S2/c1-16-9-13-31-22(16)19-14-18(20-8-5-12-30-20)24-26(19)21(27)15-25(10-11-29-2)23(28)17-6-3-4-7-17/h5,8-9,12-13,17,19H,3-4,6-7,10-11,14-15H2,1-2H3. The molecule has 0 spiro atoms. The summed E-state index contributed by atoms with van der Waals surface area (Å²) in [7, 11) is 1.62. The Hall–Kier alpha value is -2.03. The van der Waals surface area contributed by atoms with E-state index in [1.807, 2.05) is 17.5 Å². The molecule has 1 aliphatic carbocycles. The van der Waals surface area contributed by atoms with Gasteiger partial charge in [0.1, 0.15) is 6.54 Å². The van der Waals surface area contributed by atoms with Crippen molar-refractivity contribution in [2.24, 2.45) is 11.0 Å². The zero-order valence-electron chi connectivity index (χ0n) is 18.1. The average Bonchev–Trinajstić information content (AvgIpc) is 3.55. The first-order valence-electron chi connectivity index (χ1n) is 10.8. The molecule has 2 aliphatic rings. The highest BCUT2D eigenvalue weighted by Gasteiger charge is 2.37. The van der Waals surface area contributed by atoms with Crippen LogP contribution in [0.15, 0.2) is 34.1 Å². The molecule has 1 aliphatic heterocycles. The van der Waals surface area contributed by atoms with Crippen LogP contribution in [0.3, 0.4) is 0 Å². The number of hydrazone groups is 1. The smallest absolute Gasteiger partial charge is 0.262 e. The van der Waals surface area contributed by atoms with Crippen molar-refractivity contribution < 1.29 is 14.3 Å². The second-order valence-corrected chi connectivity index (χ2v) is 10.1. The van der Waals surface area contributed by atoms with Gasteiger partial charge in [-0.3, -0.25) is 9.59 Å². The van der Waals surface area contributed by atoms with Crippen molar-refractivity contribution in [3.05, 3.63) is 44.3 Å². The van der Waals surface area contributed by atoms with Gasteiger partial charge in [0.25, 0.3) is 5.91 Å². The Balaban J connectivity index is 1.56. The number of rotatable bonds is 8. The van der Waals surface area contributed by atoms with Gasteiger partial charge in [-0.25, -0.2) is 5.01 Å². The van der Waals surface area contributed by atoms with E-state index in [2.05, 4.69) is 18.4 Å². The van der Waals surface area contributed by atoms with Gasteiger partial charge in [-0.05, 0) is 48.2 Å². The number of carbonyl (C=O) groups is 2. The van der Waals surface area contributed by atoms with E-state index in [4.69, 9.17) is 9.84 Å². The molecular weight excluding hydrogens is 430 g/mol. The summed E-state index contributed by atoms with van der Waals surface area (Å²) in [5, 5.41) is 10.5. The van der Waals surface area contributed by atoms with Gasteiger partial charge in [-0.2, -0.15) is 5.10 Å². The second-order valence-electron chi connectivity index (χ2n) is 8.18. The third kappa shape index (κ3) is 4.91. The van der Waals surface area contributed by atoms with E-state index in [1.54, 1.807) is 39.7 Å². The van der Waals surface area contributed by atoms with E-state index in [0.29, 0.717) is 19.6 Å². The van der Waals surface area contributed by atoms with Gasteiger partial charge < -0.3 is 9.64 Å². The molecule has 8 heteroatoms. The second kappa shape index (κ2) is 10.1. The quantitative estimate of drug-likeness (QED) is 0.585. The van der Waals surface area contributed by atoms with Crippen LogP contribution in [0, 0.1) is 12.8 Å². The molecule has 0 bridgehead atoms. The average molecular weight is 460 g/mol. The molecule has 1 unspecified atom stereocenters. The fourth-order valence-corrected chi connectivity index (χ4v) is 6.13. The summed E-state index contributed by atoms with van der Waals surface area (Å²) in [6, 6.07) is 6.02. The van der Waals surface area contributed by atoms with Crippen molar-refractivity contribution in [2.75, 3.05) is 26.8 Å². The Labute approximate surface area is 191 Å². The van der Waals surface area contributed by atoms with Crippen LogP contribution in [-0.2, 0) is 14.3 Å². The number of nitrogens with zero attached hydrogens (tertiary/aromatic N) is 3. The summed E-state index contributed by atoms with van der Waals surface area (Å²) in [4.78, 5) is 30.5. The Kier molecular flexibility index (Phi) is 7.20. The summed E-state index contributed by atoms with van der Waals surface area (Å²) in [5.74, 6) is -0.0241. The van der Waals surface area contributed by atoms with Crippen molar-refractivity contribution in [1.82, 2.24) is 9.91 Å². The maximum absolute atomic E-state index is 13.5. The third-order valence-electron chi connectivity index (χ3n) is 6.08. The molecule has 31 heavy (non-hydrogen) atoms. The van der Waals surface area contributed by atoms with Gasteiger partial charge in [0.05, 0.1) is 23.2 Å². The van der Waals surface area contributed by atoms with E-state index in [1.165, 1.54) is 5.56 Å². The minimum atomic E-state index is -0.133. The predicted octanol–water partition coefficient (Wildman–Crippen LogP) is 4.46. The molecule has 1 saturated carbocycles. The molecule has 4 rings (SSSR count). The lowest BCUT2D eigenvalue weighted by atomic mass is 10.1. The minimum absolute atomic E-state index is 0.0313. The molecule has 2 aromatic rings. The number of amides is 2. The SMILES string of the molecule is COCCN(CC(=O)N1N=C(c2cccs2)CC1c1sccc1C)C(=O)C1CCCC1. The van der Waals surface area contributed by atoms with Gasteiger partial charge >= 0.3 is 0 Å². The van der Waals surface area contributed by atoms with Crippen LogP contribution in [0.4, 0.5) is 0 Å². The van der Waals surface area contributed by atoms with Crippen LogP contribution in [0.1, 0.15) is 53.5 Å². The van der Waals surface area contributed by atoms with Gasteiger partial charge in [-0.1, -0.05) is 18.9 Å². The minimum Gasteiger partial charge on any atom is -0.383 e. The Morgan fingerprint density at radius 1 is 1.23 bits per heavy atom. The van der Waals surface area contributed by atoms with Crippen molar-refractivity contribution >= 4 is 40.2 Å². The highest BCUT2D eigenvalue weighted by atomic mass is 32.1. The first kappa shape index (κ1) is 22.2. The summed E-state index contributed by atoms with van der Waals surface area (Å²) < 4.78 is 5.21. The summed E-state index contributed by atoms with van der Waals surface area (Å²) in [5.41, 5.74) is 2.11. The number of hydrogen-bond acceptors (Lipinski definition) is 6. The molecule has 2 amide bonds. The highest BCUT2D eigenvalue weighted by molar-refractivity contribution is 7.12. The topological polar surface area (TPSA) is 62.2 Å². The first-order valence-corrected chi connectivity index (χ1v) is 12.6. The highest BCUT2D eigenvalue weighted by Crippen LogP contribution is 2.38. The zero-order valence-corrected chi connectivity index (χ0v) is 19.7. The molecule has 0 radical (unpaired) electrons. The van der Waals surface area contributed by atoms with E-state index in [-0.39, 0.29) is 30.3 Å². The maximum atomic E-state index is 13.5. The number of ether oxygens (including phenoxy) is 1. The molecule has 1 atom stereocenters. The lowest BCUT2D eigenvalue weighted by Gasteiger charge is -2.28. The molecule has 166 valence electrons. The number of thiophene rings is 2. The van der Waals surface area contributed by atoms with Gasteiger partial charge in [-0.15, -0.1) is 22.7 Å². The van der Waals surface area contributed by atoms with Crippen LogP contribution in [0.25, 0.3) is 0 Å². The molecule has 0 N–H and O–H groups in total. The molecule has 6 nitrogen and oxygen atoms in total. The fourth-order valence-electron chi connectivity index (χ4n) is 4.40. The molecule has 0 saturated heterocycles. The summed E-state index contributed by atoms with van der Waals surface area (Å²) in [6.45, 7) is 2.96. The Morgan fingerprint density at radius 2 is 2.03 bits per heavy atom. The lowest BCUT2D eigenvalue weighted by molar-refractivity contribution is -0.144. The molecule has 0 aromatic carbocycles. The van der Waals surface area contributed by atoms with Gasteiger partial charge in [0.15, 0.2) is 0 Å². The normalized spacial score (nSPS) is 19.1. The van der Waals surface area contributed by atoms with Crippen LogP contribution in [-0.4, -0.2) is 54.2 Å². The van der Waals surface area contributed by atoms with E-state index < -0.39 is 0 Å². The number of aryl methyl sites for hydroxylation is 1. The summed E-state index contributed by atoms with van der Waals surface area (Å²) in [6.07, 6.45) is 4.70.